The number of amides is 2. The zero-order valence-electron chi connectivity index (χ0n) is 17.5. The van der Waals surface area contributed by atoms with Crippen LogP contribution in [0.4, 0.5) is 11.4 Å². The van der Waals surface area contributed by atoms with E-state index in [0.29, 0.717) is 23.5 Å². The summed E-state index contributed by atoms with van der Waals surface area (Å²) >= 11 is 0. The number of para-hydroxylation sites is 2. The van der Waals surface area contributed by atoms with E-state index >= 15 is 0 Å². The van der Waals surface area contributed by atoms with Crippen molar-refractivity contribution in [2.75, 3.05) is 16.8 Å². The summed E-state index contributed by atoms with van der Waals surface area (Å²) in [5, 5.41) is 2.83. The van der Waals surface area contributed by atoms with Crippen molar-refractivity contribution in [3.05, 3.63) is 90.0 Å². The Morgan fingerprint density at radius 2 is 1.57 bits per heavy atom. The highest BCUT2D eigenvalue weighted by molar-refractivity contribution is 6.06. The molecule has 0 saturated heterocycles. The van der Waals surface area contributed by atoms with Gasteiger partial charge in [0.2, 0.25) is 0 Å². The van der Waals surface area contributed by atoms with Crippen LogP contribution in [-0.4, -0.2) is 24.5 Å². The molecule has 0 saturated carbocycles. The number of anilines is 2. The quantitative estimate of drug-likeness (QED) is 0.600. The number of hydrogen-bond acceptors (Lipinski definition) is 3. The lowest BCUT2D eigenvalue weighted by molar-refractivity contribution is -0.122. The average Bonchev–Trinajstić information content (AvgIpc) is 2.77. The summed E-state index contributed by atoms with van der Waals surface area (Å²) < 4.78 is 5.76. The molecule has 0 bridgehead atoms. The smallest absolute Gasteiger partial charge is 0.265 e. The molecular weight excluding hydrogens is 376 g/mol. The summed E-state index contributed by atoms with van der Waals surface area (Å²) in [6, 6.07) is 24.0. The third-order valence-electron chi connectivity index (χ3n) is 4.80. The monoisotopic (exact) mass is 402 g/mol. The Morgan fingerprint density at radius 1 is 0.933 bits per heavy atom. The first-order chi connectivity index (χ1) is 14.5. The van der Waals surface area contributed by atoms with Crippen LogP contribution in [0.5, 0.6) is 5.75 Å². The van der Waals surface area contributed by atoms with Crippen molar-refractivity contribution in [2.45, 2.75) is 26.9 Å². The van der Waals surface area contributed by atoms with Crippen LogP contribution in [0.2, 0.25) is 0 Å². The van der Waals surface area contributed by atoms with Gasteiger partial charge in [-0.1, -0.05) is 36.4 Å². The minimum absolute atomic E-state index is 0.0853. The molecule has 3 aromatic rings. The summed E-state index contributed by atoms with van der Waals surface area (Å²) in [5.41, 5.74) is 2.99. The molecule has 1 N–H and O–H groups in total. The molecule has 0 aliphatic heterocycles. The standard InChI is InChI=1S/C25H26N2O3/c1-4-27(22-11-6-5-7-12-22)25(29)20-14-16-21(17-15-20)26-24(28)19(3)30-23-13-9-8-10-18(23)2/h5-17,19H,4H2,1-3H3,(H,26,28). The van der Waals surface area contributed by atoms with Crippen LogP contribution in [0.15, 0.2) is 78.9 Å². The molecule has 0 fully saturated rings. The number of ether oxygens (including phenoxy) is 1. The highest BCUT2D eigenvalue weighted by Gasteiger charge is 2.18. The molecule has 1 unspecified atom stereocenters. The lowest BCUT2D eigenvalue weighted by atomic mass is 10.1. The van der Waals surface area contributed by atoms with E-state index in [1.54, 1.807) is 36.1 Å². The molecule has 154 valence electrons. The van der Waals surface area contributed by atoms with Gasteiger partial charge >= 0.3 is 0 Å². The third kappa shape index (κ3) is 5.06. The van der Waals surface area contributed by atoms with Crippen molar-refractivity contribution < 1.29 is 14.3 Å². The van der Waals surface area contributed by atoms with Gasteiger partial charge < -0.3 is 15.0 Å². The van der Waals surface area contributed by atoms with E-state index in [2.05, 4.69) is 5.32 Å². The number of carbonyl (C=O) groups excluding carboxylic acids is 2. The van der Waals surface area contributed by atoms with Crippen LogP contribution in [0.1, 0.15) is 29.8 Å². The number of nitrogens with zero attached hydrogens (tertiary/aromatic N) is 1. The molecule has 0 spiro atoms. The zero-order valence-corrected chi connectivity index (χ0v) is 17.5. The van der Waals surface area contributed by atoms with Gasteiger partial charge in [0, 0.05) is 23.5 Å². The maximum absolute atomic E-state index is 12.9. The molecule has 5 heteroatoms. The Hall–Kier alpha value is -3.60. The van der Waals surface area contributed by atoms with Crippen LogP contribution in [0, 0.1) is 6.92 Å². The Bertz CT molecular complexity index is 1000. The molecule has 2 amide bonds. The maximum atomic E-state index is 12.9. The number of benzene rings is 3. The van der Waals surface area contributed by atoms with Gasteiger partial charge in [-0.2, -0.15) is 0 Å². The fraction of sp³-hybridized carbons (Fsp3) is 0.200. The van der Waals surface area contributed by atoms with Gasteiger partial charge in [-0.05, 0) is 68.8 Å². The van der Waals surface area contributed by atoms with Crippen molar-refractivity contribution in [3.8, 4) is 5.75 Å². The van der Waals surface area contributed by atoms with Gasteiger partial charge in [-0.25, -0.2) is 0 Å². The van der Waals surface area contributed by atoms with Gasteiger partial charge in [0.1, 0.15) is 5.75 Å². The van der Waals surface area contributed by atoms with Gasteiger partial charge in [0.05, 0.1) is 0 Å². The second kappa shape index (κ2) is 9.74. The summed E-state index contributed by atoms with van der Waals surface area (Å²) in [7, 11) is 0. The number of carbonyl (C=O) groups is 2. The van der Waals surface area contributed by atoms with Gasteiger partial charge in [-0.3, -0.25) is 9.59 Å². The molecule has 3 rings (SSSR count). The topological polar surface area (TPSA) is 58.6 Å². The van der Waals surface area contributed by atoms with Gasteiger partial charge in [-0.15, -0.1) is 0 Å². The van der Waals surface area contributed by atoms with Crippen molar-refractivity contribution in [2.24, 2.45) is 0 Å². The number of hydrogen-bond donors (Lipinski definition) is 1. The first-order valence-corrected chi connectivity index (χ1v) is 9.99. The van der Waals surface area contributed by atoms with Crippen molar-refractivity contribution in [3.63, 3.8) is 0 Å². The molecule has 30 heavy (non-hydrogen) atoms. The van der Waals surface area contributed by atoms with Crippen molar-refractivity contribution >= 4 is 23.2 Å². The molecule has 0 aromatic heterocycles. The van der Waals surface area contributed by atoms with E-state index in [9.17, 15) is 9.59 Å². The summed E-state index contributed by atoms with van der Waals surface area (Å²) in [4.78, 5) is 27.1. The normalized spacial score (nSPS) is 11.4. The molecule has 5 nitrogen and oxygen atoms in total. The van der Waals surface area contributed by atoms with Gasteiger partial charge in [0.15, 0.2) is 6.10 Å². The highest BCUT2D eigenvalue weighted by Crippen LogP contribution is 2.20. The van der Waals surface area contributed by atoms with Crippen LogP contribution < -0.4 is 15.0 Å². The van der Waals surface area contributed by atoms with Crippen LogP contribution in [0.3, 0.4) is 0 Å². The lowest BCUT2D eigenvalue weighted by Gasteiger charge is -2.21. The minimum atomic E-state index is -0.652. The number of rotatable bonds is 7. The molecule has 0 radical (unpaired) electrons. The first-order valence-electron chi connectivity index (χ1n) is 9.99. The Kier molecular flexibility index (Phi) is 6.86. The van der Waals surface area contributed by atoms with E-state index in [1.807, 2.05) is 68.4 Å². The van der Waals surface area contributed by atoms with Crippen LogP contribution in [0.25, 0.3) is 0 Å². The van der Waals surface area contributed by atoms with Gasteiger partial charge in [0.25, 0.3) is 11.8 Å². The molecule has 3 aromatic carbocycles. The van der Waals surface area contributed by atoms with E-state index in [4.69, 9.17) is 4.74 Å². The summed E-state index contributed by atoms with van der Waals surface area (Å²) in [6.07, 6.45) is -0.652. The SMILES string of the molecule is CCN(C(=O)c1ccc(NC(=O)C(C)Oc2ccccc2C)cc1)c1ccccc1. The molecule has 0 aliphatic rings. The minimum Gasteiger partial charge on any atom is -0.481 e. The fourth-order valence-electron chi connectivity index (χ4n) is 3.08. The number of nitrogens with one attached hydrogen (secondary N) is 1. The van der Waals surface area contributed by atoms with Crippen LogP contribution in [-0.2, 0) is 4.79 Å². The fourth-order valence-corrected chi connectivity index (χ4v) is 3.08. The summed E-state index contributed by atoms with van der Waals surface area (Å²) in [6.45, 7) is 6.15. The van der Waals surface area contributed by atoms with E-state index in [-0.39, 0.29) is 11.8 Å². The van der Waals surface area contributed by atoms with E-state index < -0.39 is 6.10 Å². The number of aryl methyl sites for hydroxylation is 1. The predicted octanol–water partition coefficient (Wildman–Crippen LogP) is 5.07. The second-order valence-corrected chi connectivity index (χ2v) is 6.98. The largest absolute Gasteiger partial charge is 0.481 e. The molecular formula is C25H26N2O3. The van der Waals surface area contributed by atoms with E-state index in [1.165, 1.54) is 0 Å². The molecule has 0 heterocycles. The predicted molar refractivity (Wildman–Crippen MR) is 120 cm³/mol. The van der Waals surface area contributed by atoms with Crippen molar-refractivity contribution in [1.82, 2.24) is 0 Å². The van der Waals surface area contributed by atoms with Crippen LogP contribution >= 0.6 is 0 Å². The summed E-state index contributed by atoms with van der Waals surface area (Å²) in [5.74, 6) is 0.344. The van der Waals surface area contributed by atoms with E-state index in [0.717, 1.165) is 11.3 Å². The molecule has 0 aliphatic carbocycles. The Balaban J connectivity index is 1.64. The molecule has 1 atom stereocenters. The second-order valence-electron chi connectivity index (χ2n) is 6.98. The Morgan fingerprint density at radius 3 is 2.20 bits per heavy atom. The third-order valence-corrected chi connectivity index (χ3v) is 4.80. The van der Waals surface area contributed by atoms with Crippen molar-refractivity contribution in [1.29, 1.82) is 0 Å². The first kappa shape index (κ1) is 21.1. The highest BCUT2D eigenvalue weighted by atomic mass is 16.5. The zero-order chi connectivity index (χ0) is 21.5. The maximum Gasteiger partial charge on any atom is 0.265 e. The Labute approximate surface area is 177 Å². The lowest BCUT2D eigenvalue weighted by Crippen LogP contribution is -2.31. The average molecular weight is 402 g/mol.